The molecule has 0 aliphatic heterocycles. The highest BCUT2D eigenvalue weighted by Crippen LogP contribution is 2.48. The van der Waals surface area contributed by atoms with Crippen molar-refractivity contribution >= 4 is 22.9 Å². The molecule has 4 heteroatoms. The number of hydrogen-bond acceptors (Lipinski definition) is 3. The molecule has 0 atom stereocenters. The van der Waals surface area contributed by atoms with Crippen LogP contribution in [-0.2, 0) is 5.41 Å². The number of benzene rings is 2. The van der Waals surface area contributed by atoms with Crippen molar-refractivity contribution in [1.29, 1.82) is 0 Å². The molecule has 2 aromatic rings. The summed E-state index contributed by atoms with van der Waals surface area (Å²) in [4.78, 5) is 13.6. The van der Waals surface area contributed by atoms with Gasteiger partial charge in [0.1, 0.15) is 5.75 Å². The van der Waals surface area contributed by atoms with Gasteiger partial charge in [-0.15, -0.1) is 0 Å². The van der Waals surface area contributed by atoms with E-state index < -0.39 is 5.97 Å². The number of carboxylic acid groups (broad SMARTS) is 1. The summed E-state index contributed by atoms with van der Waals surface area (Å²) in [6, 6.07) is 11.5. The van der Waals surface area contributed by atoms with Crippen LogP contribution < -0.4 is 9.64 Å². The fourth-order valence-corrected chi connectivity index (χ4v) is 4.37. The van der Waals surface area contributed by atoms with Crippen molar-refractivity contribution in [3.8, 4) is 5.75 Å². The fraction of sp³-hybridized carbons (Fsp3) is 0.444. The molecule has 0 unspecified atom stereocenters. The fourth-order valence-electron chi connectivity index (χ4n) is 4.37. The van der Waals surface area contributed by atoms with Gasteiger partial charge < -0.3 is 14.7 Å². The lowest BCUT2D eigenvalue weighted by Crippen LogP contribution is -2.27. The third kappa shape index (κ3) is 4.63. The third-order valence-corrected chi connectivity index (χ3v) is 5.97. The third-order valence-electron chi connectivity index (χ3n) is 5.97. The van der Waals surface area contributed by atoms with Crippen LogP contribution in [0, 0.1) is 5.92 Å². The maximum atomic E-state index is 11.3. The molecule has 4 nitrogen and oxygen atoms in total. The molecule has 2 aromatic carbocycles. The normalized spacial score (nSPS) is 14.9. The second-order valence-corrected chi connectivity index (χ2v) is 9.53. The number of fused-ring (bicyclic) bond motifs is 1. The van der Waals surface area contributed by atoms with Crippen LogP contribution >= 0.6 is 0 Å². The van der Waals surface area contributed by atoms with Gasteiger partial charge in [-0.2, -0.15) is 0 Å². The lowest BCUT2D eigenvalue weighted by Gasteiger charge is -2.38. The number of anilines is 2. The molecule has 1 aliphatic rings. The largest absolute Gasteiger partial charge is 0.491 e. The Morgan fingerprint density at radius 3 is 2.29 bits per heavy atom. The summed E-state index contributed by atoms with van der Waals surface area (Å²) >= 11 is 0. The van der Waals surface area contributed by atoms with E-state index in [1.807, 2.05) is 26.0 Å². The van der Waals surface area contributed by atoms with Crippen LogP contribution in [0.15, 0.2) is 42.5 Å². The number of nitrogens with zero attached hydrogens (tertiary/aromatic N) is 1. The lowest BCUT2D eigenvalue weighted by atomic mass is 9.70. The topological polar surface area (TPSA) is 49.8 Å². The Morgan fingerprint density at radius 1 is 1.13 bits per heavy atom. The van der Waals surface area contributed by atoms with Gasteiger partial charge in [-0.25, -0.2) is 4.79 Å². The number of aromatic carboxylic acids is 1. The van der Waals surface area contributed by atoms with Gasteiger partial charge in [-0.3, -0.25) is 0 Å². The zero-order valence-corrected chi connectivity index (χ0v) is 19.8. The SMILES string of the molecule is CCN(c1ccc(C(=O)O)cc1)c1cc(OC(C)C)cc2c1C(C(C)C)=CCC2(C)C. The molecule has 0 heterocycles. The van der Waals surface area contributed by atoms with E-state index in [9.17, 15) is 9.90 Å². The second kappa shape index (κ2) is 8.78. The molecule has 1 aliphatic carbocycles. The second-order valence-electron chi connectivity index (χ2n) is 9.53. The summed E-state index contributed by atoms with van der Waals surface area (Å²) in [6.07, 6.45) is 3.47. The van der Waals surface area contributed by atoms with Gasteiger partial charge in [0.15, 0.2) is 0 Å². The first-order valence-corrected chi connectivity index (χ1v) is 11.2. The average Bonchev–Trinajstić information content (AvgIpc) is 2.68. The maximum Gasteiger partial charge on any atom is 0.335 e. The van der Waals surface area contributed by atoms with Crippen LogP contribution in [0.1, 0.15) is 76.4 Å². The summed E-state index contributed by atoms with van der Waals surface area (Å²) < 4.78 is 6.17. The van der Waals surface area contributed by atoms with Crippen molar-refractivity contribution < 1.29 is 14.6 Å². The van der Waals surface area contributed by atoms with Crippen LogP contribution in [0.2, 0.25) is 0 Å². The lowest BCUT2D eigenvalue weighted by molar-refractivity contribution is 0.0697. The van der Waals surface area contributed by atoms with Gasteiger partial charge >= 0.3 is 5.97 Å². The predicted octanol–water partition coefficient (Wildman–Crippen LogP) is 7.05. The summed E-state index contributed by atoms with van der Waals surface area (Å²) in [6.45, 7) is 16.1. The zero-order valence-electron chi connectivity index (χ0n) is 19.8. The molecule has 0 bridgehead atoms. The smallest absolute Gasteiger partial charge is 0.335 e. The highest BCUT2D eigenvalue weighted by atomic mass is 16.5. The van der Waals surface area contributed by atoms with E-state index in [-0.39, 0.29) is 11.5 Å². The highest BCUT2D eigenvalue weighted by Gasteiger charge is 2.33. The minimum absolute atomic E-state index is 0.00536. The molecule has 31 heavy (non-hydrogen) atoms. The van der Waals surface area contributed by atoms with Crippen molar-refractivity contribution in [2.45, 2.75) is 66.4 Å². The Hall–Kier alpha value is -2.75. The first-order valence-electron chi connectivity index (χ1n) is 11.2. The minimum atomic E-state index is -0.911. The van der Waals surface area contributed by atoms with Crippen molar-refractivity contribution in [2.24, 2.45) is 5.92 Å². The molecular weight excluding hydrogens is 386 g/mol. The molecule has 0 spiro atoms. The molecule has 0 saturated heterocycles. The molecule has 0 saturated carbocycles. The predicted molar refractivity (Wildman–Crippen MR) is 129 cm³/mol. The number of hydrogen-bond donors (Lipinski definition) is 1. The van der Waals surface area contributed by atoms with Gasteiger partial charge in [0.05, 0.1) is 17.4 Å². The van der Waals surface area contributed by atoms with Gasteiger partial charge in [0.25, 0.3) is 0 Å². The first kappa shape index (κ1) is 22.9. The summed E-state index contributed by atoms with van der Waals surface area (Å²) in [7, 11) is 0. The minimum Gasteiger partial charge on any atom is -0.491 e. The number of carbonyl (C=O) groups is 1. The molecule has 0 radical (unpaired) electrons. The van der Waals surface area contributed by atoms with E-state index in [4.69, 9.17) is 4.74 Å². The highest BCUT2D eigenvalue weighted by molar-refractivity contribution is 5.89. The standard InChI is InChI=1S/C27H35NO3/c1-8-28(20-11-9-19(10-12-20)26(29)30)24-16-21(31-18(4)5)15-23-25(24)22(17(2)3)13-14-27(23,6)7/h9-13,15-18H,8,14H2,1-7H3,(H,29,30). The molecule has 3 rings (SSSR count). The Kier molecular flexibility index (Phi) is 6.49. The van der Waals surface area contributed by atoms with E-state index in [0.717, 1.165) is 30.1 Å². The summed E-state index contributed by atoms with van der Waals surface area (Å²) in [5, 5.41) is 9.28. The van der Waals surface area contributed by atoms with E-state index in [2.05, 4.69) is 57.7 Å². The van der Waals surface area contributed by atoms with Gasteiger partial charge in [-0.1, -0.05) is 33.8 Å². The van der Waals surface area contributed by atoms with Crippen LogP contribution in [0.4, 0.5) is 11.4 Å². The zero-order chi connectivity index (χ0) is 22.9. The van der Waals surface area contributed by atoms with Crippen molar-refractivity contribution in [3.63, 3.8) is 0 Å². The van der Waals surface area contributed by atoms with Crippen LogP contribution in [0.3, 0.4) is 0 Å². The monoisotopic (exact) mass is 421 g/mol. The average molecular weight is 422 g/mol. The molecule has 0 amide bonds. The van der Waals surface area contributed by atoms with Gasteiger partial charge in [-0.05, 0) is 80.0 Å². The molecule has 0 aromatic heterocycles. The first-order chi connectivity index (χ1) is 14.5. The van der Waals surface area contributed by atoms with Crippen molar-refractivity contribution in [1.82, 2.24) is 0 Å². The van der Waals surface area contributed by atoms with Crippen molar-refractivity contribution in [3.05, 3.63) is 59.2 Å². The molecular formula is C27H35NO3. The van der Waals surface area contributed by atoms with E-state index >= 15 is 0 Å². The quantitative estimate of drug-likeness (QED) is 0.520. The van der Waals surface area contributed by atoms with Crippen LogP contribution in [0.25, 0.3) is 5.57 Å². The Balaban J connectivity index is 2.25. The van der Waals surface area contributed by atoms with E-state index in [0.29, 0.717) is 11.5 Å². The number of allylic oxidation sites excluding steroid dienone is 2. The Morgan fingerprint density at radius 2 is 1.77 bits per heavy atom. The van der Waals surface area contributed by atoms with Crippen LogP contribution in [-0.4, -0.2) is 23.7 Å². The van der Waals surface area contributed by atoms with Crippen molar-refractivity contribution in [2.75, 3.05) is 11.4 Å². The number of rotatable bonds is 7. The maximum absolute atomic E-state index is 11.3. The van der Waals surface area contributed by atoms with Crippen LogP contribution in [0.5, 0.6) is 5.75 Å². The van der Waals surface area contributed by atoms with E-state index in [1.54, 1.807) is 12.1 Å². The molecule has 0 fully saturated rings. The number of carboxylic acids is 1. The van der Waals surface area contributed by atoms with Gasteiger partial charge in [0.2, 0.25) is 0 Å². The summed E-state index contributed by atoms with van der Waals surface area (Å²) in [5.74, 6) is 0.368. The number of ether oxygens (including phenoxy) is 1. The van der Waals surface area contributed by atoms with E-state index in [1.165, 1.54) is 16.7 Å². The Bertz CT molecular complexity index is 984. The molecule has 166 valence electrons. The summed E-state index contributed by atoms with van der Waals surface area (Å²) in [5.41, 5.74) is 6.35. The van der Waals surface area contributed by atoms with Gasteiger partial charge in [0, 0.05) is 23.9 Å². The Labute approximate surface area is 186 Å². The molecule has 1 N–H and O–H groups in total.